The molecule has 3 fully saturated rings. The number of ether oxygens (including phenoxy) is 2. The maximum absolute atomic E-state index is 12.9. The summed E-state index contributed by atoms with van der Waals surface area (Å²) < 4.78 is 11.4. The number of hydrogen-bond donors (Lipinski definition) is 2. The summed E-state index contributed by atoms with van der Waals surface area (Å²) in [6.07, 6.45) is 9.74. The van der Waals surface area contributed by atoms with Gasteiger partial charge >= 0.3 is 11.9 Å². The Labute approximate surface area is 215 Å². The Bertz CT molecular complexity index is 1000. The fraction of sp³-hybridized carbons (Fsp3) is 0.800. The van der Waals surface area contributed by atoms with Gasteiger partial charge in [-0.25, -0.2) is 4.79 Å². The van der Waals surface area contributed by atoms with E-state index in [-0.39, 0.29) is 36.3 Å². The summed E-state index contributed by atoms with van der Waals surface area (Å²) in [5.74, 6) is 6.27. The van der Waals surface area contributed by atoms with Gasteiger partial charge < -0.3 is 19.7 Å². The van der Waals surface area contributed by atoms with Crippen molar-refractivity contribution in [3.05, 3.63) is 11.6 Å². The lowest BCUT2D eigenvalue weighted by Gasteiger charge is -2.70. The molecule has 7 atom stereocenters. The van der Waals surface area contributed by atoms with Crippen molar-refractivity contribution in [2.45, 2.75) is 116 Å². The number of cyclic esters (lactones) is 1. The van der Waals surface area contributed by atoms with Crippen molar-refractivity contribution in [3.8, 4) is 11.8 Å². The van der Waals surface area contributed by atoms with Crippen molar-refractivity contribution < 1.29 is 29.3 Å². The maximum Gasteiger partial charge on any atom is 0.331 e. The van der Waals surface area contributed by atoms with Crippen LogP contribution in [-0.2, 0) is 19.1 Å². The number of aliphatic hydroxyl groups is 2. The van der Waals surface area contributed by atoms with Crippen LogP contribution in [0.3, 0.4) is 0 Å². The molecule has 0 unspecified atom stereocenters. The average Bonchev–Trinajstić information content (AvgIpc) is 3.29. The summed E-state index contributed by atoms with van der Waals surface area (Å²) in [6.45, 7) is 6.60. The molecule has 5 rings (SSSR count). The Kier molecular flexibility index (Phi) is 6.57. The number of carbonyl (C=O) groups is 2. The van der Waals surface area contributed by atoms with Gasteiger partial charge in [0, 0.05) is 30.3 Å². The van der Waals surface area contributed by atoms with Crippen molar-refractivity contribution in [3.63, 3.8) is 0 Å². The Morgan fingerprint density at radius 1 is 1.11 bits per heavy atom. The third kappa shape index (κ3) is 3.84. The normalized spacial score (nSPS) is 45.1. The Balaban J connectivity index is 1.64. The van der Waals surface area contributed by atoms with Crippen LogP contribution in [0.4, 0.5) is 0 Å². The molecule has 3 aliphatic carbocycles. The maximum atomic E-state index is 12.9. The van der Waals surface area contributed by atoms with Crippen LogP contribution in [0.2, 0.25) is 0 Å². The molecule has 0 aromatic rings. The van der Waals surface area contributed by atoms with E-state index in [1.807, 2.05) is 13.8 Å². The van der Waals surface area contributed by atoms with E-state index >= 15 is 0 Å². The van der Waals surface area contributed by atoms with E-state index in [4.69, 9.17) is 9.47 Å². The Morgan fingerprint density at radius 3 is 2.56 bits per heavy atom. The minimum Gasteiger partial charge on any atom is -0.462 e. The second-order valence-corrected chi connectivity index (χ2v) is 12.8. The monoisotopic (exact) mass is 498 g/mol. The van der Waals surface area contributed by atoms with E-state index in [1.165, 1.54) is 25.3 Å². The fourth-order valence-electron chi connectivity index (χ4n) is 9.00. The Morgan fingerprint density at radius 2 is 1.86 bits per heavy atom. The van der Waals surface area contributed by atoms with Crippen molar-refractivity contribution in [1.82, 2.24) is 0 Å². The molecule has 3 saturated carbocycles. The van der Waals surface area contributed by atoms with Gasteiger partial charge in [-0.2, -0.15) is 0 Å². The van der Waals surface area contributed by atoms with Gasteiger partial charge in [-0.05, 0) is 62.4 Å². The van der Waals surface area contributed by atoms with Crippen LogP contribution in [0.15, 0.2) is 11.6 Å². The molecule has 0 radical (unpaired) electrons. The first-order chi connectivity index (χ1) is 17.0. The lowest BCUT2D eigenvalue weighted by molar-refractivity contribution is -0.304. The molecule has 198 valence electrons. The molecule has 2 bridgehead atoms. The van der Waals surface area contributed by atoms with Gasteiger partial charge in [0.1, 0.15) is 12.7 Å². The lowest BCUT2D eigenvalue weighted by atomic mass is 9.37. The third-order valence-corrected chi connectivity index (χ3v) is 11.0. The number of esters is 2. The molecule has 6 nitrogen and oxygen atoms in total. The largest absolute Gasteiger partial charge is 0.462 e. The van der Waals surface area contributed by atoms with Crippen LogP contribution >= 0.6 is 0 Å². The topological polar surface area (TPSA) is 93.1 Å². The number of carbonyl (C=O) groups excluding carboxylic acids is 2. The van der Waals surface area contributed by atoms with Gasteiger partial charge in [0.2, 0.25) is 0 Å². The zero-order valence-corrected chi connectivity index (χ0v) is 22.1. The van der Waals surface area contributed by atoms with Crippen LogP contribution in [0.1, 0.15) is 97.8 Å². The van der Waals surface area contributed by atoms with Crippen LogP contribution in [0, 0.1) is 39.9 Å². The standard InChI is InChI=1S/C30H42O6/c1-27-14-8-7-11-24(32)36-22(18-27)26-28(2,21-9-5-4-6-10-21)15-13-23(31)29(26,3)30(27,34)16-12-20-17-25(33)35-19-20/h17,21-23,26,31,34H,4-7,9-13,15-16,18-19H2,1-3H3/t22-,23-,26+,27+,28+,29+,30-/m1/s1. The van der Waals surface area contributed by atoms with Gasteiger partial charge in [0.25, 0.3) is 0 Å². The molecule has 0 aromatic carbocycles. The first-order valence-electron chi connectivity index (χ1n) is 14.0. The highest BCUT2D eigenvalue weighted by atomic mass is 16.5. The SMILES string of the molecule is C[C@]12[C@H](O)CC[C@@](C)(C3CCCCC3)[C@@H]1[C@H]1C[C@](C)(C#CCCC(=O)O1)[C@]2(O)CCC1=CC(=O)OC1. The third-order valence-electron chi connectivity index (χ3n) is 11.0. The van der Waals surface area contributed by atoms with Crippen LogP contribution in [0.25, 0.3) is 0 Å². The minimum absolute atomic E-state index is 0.165. The summed E-state index contributed by atoms with van der Waals surface area (Å²) in [6, 6.07) is 0. The molecule has 2 N–H and O–H groups in total. The average molecular weight is 499 g/mol. The predicted molar refractivity (Wildman–Crippen MR) is 134 cm³/mol. The van der Waals surface area contributed by atoms with Gasteiger partial charge in [0.05, 0.1) is 23.5 Å². The molecule has 0 amide bonds. The first kappa shape index (κ1) is 25.8. The van der Waals surface area contributed by atoms with E-state index in [9.17, 15) is 19.8 Å². The summed E-state index contributed by atoms with van der Waals surface area (Å²) in [4.78, 5) is 24.6. The van der Waals surface area contributed by atoms with E-state index in [1.54, 1.807) is 0 Å². The number of hydrogen-bond acceptors (Lipinski definition) is 6. The lowest BCUT2D eigenvalue weighted by Crippen LogP contribution is -2.75. The van der Waals surface area contributed by atoms with Crippen LogP contribution < -0.4 is 0 Å². The van der Waals surface area contributed by atoms with Crippen LogP contribution in [-0.4, -0.2) is 46.6 Å². The number of fused-ring (bicyclic) bond motifs is 4. The second-order valence-electron chi connectivity index (χ2n) is 12.8. The predicted octanol–water partition coefficient (Wildman–Crippen LogP) is 4.46. The quantitative estimate of drug-likeness (QED) is 0.439. The number of aliphatic hydroxyl groups excluding tert-OH is 1. The van der Waals surface area contributed by atoms with Gasteiger partial charge in [-0.1, -0.05) is 39.0 Å². The first-order valence-corrected chi connectivity index (χ1v) is 14.0. The molecule has 2 heterocycles. The molecule has 5 aliphatic rings. The molecule has 0 aromatic heterocycles. The van der Waals surface area contributed by atoms with Gasteiger partial charge in [-0.3, -0.25) is 4.79 Å². The summed E-state index contributed by atoms with van der Waals surface area (Å²) in [7, 11) is 0. The molecule has 2 aliphatic heterocycles. The summed E-state index contributed by atoms with van der Waals surface area (Å²) in [5, 5.41) is 24.7. The van der Waals surface area contributed by atoms with E-state index < -0.39 is 28.6 Å². The van der Waals surface area contributed by atoms with Crippen molar-refractivity contribution in [1.29, 1.82) is 0 Å². The van der Waals surface area contributed by atoms with Gasteiger partial charge in [-0.15, -0.1) is 5.92 Å². The van der Waals surface area contributed by atoms with Gasteiger partial charge in [0.15, 0.2) is 0 Å². The highest BCUT2D eigenvalue weighted by Gasteiger charge is 2.73. The molecular weight excluding hydrogens is 456 g/mol. The van der Waals surface area contributed by atoms with Crippen molar-refractivity contribution in [2.75, 3.05) is 6.61 Å². The smallest absolute Gasteiger partial charge is 0.331 e. The molecule has 0 saturated heterocycles. The zero-order valence-electron chi connectivity index (χ0n) is 22.1. The van der Waals surface area contributed by atoms with E-state index in [0.717, 1.165) is 24.8 Å². The number of rotatable bonds is 4. The molecule has 36 heavy (non-hydrogen) atoms. The molecule has 0 spiro atoms. The Hall–Kier alpha value is -1.84. The minimum atomic E-state index is -1.34. The van der Waals surface area contributed by atoms with Crippen LogP contribution in [0.5, 0.6) is 0 Å². The summed E-state index contributed by atoms with van der Waals surface area (Å²) in [5.41, 5.74) is -2.45. The molecule has 6 heteroatoms. The summed E-state index contributed by atoms with van der Waals surface area (Å²) >= 11 is 0. The van der Waals surface area contributed by atoms with Crippen molar-refractivity contribution in [2.24, 2.45) is 28.1 Å². The van der Waals surface area contributed by atoms with Crippen molar-refractivity contribution >= 4 is 11.9 Å². The molecular formula is C30H42O6. The van der Waals surface area contributed by atoms with E-state index in [0.29, 0.717) is 38.0 Å². The highest BCUT2D eigenvalue weighted by molar-refractivity contribution is 5.85. The zero-order chi connectivity index (χ0) is 25.8. The second kappa shape index (κ2) is 9.17. The fourth-order valence-corrected chi connectivity index (χ4v) is 9.00. The highest BCUT2D eigenvalue weighted by Crippen LogP contribution is 2.70. The van der Waals surface area contributed by atoms with E-state index in [2.05, 4.69) is 18.8 Å².